The minimum Gasteiger partial charge on any atom is -0.464 e. The Kier molecular flexibility index (Phi) is 5.99. The molecule has 5 heteroatoms. The highest BCUT2D eigenvalue weighted by Crippen LogP contribution is 2.19. The second-order valence-corrected chi connectivity index (χ2v) is 5.28. The number of rotatable bonds is 5. The molecule has 0 radical (unpaired) electrons. The lowest BCUT2D eigenvalue weighted by molar-refractivity contribution is -0.159. The SMILES string of the molecule is CCOC(=O)C1CCCCN1C(=O)C(=O)CC(C)C. The van der Waals surface area contributed by atoms with E-state index in [-0.39, 0.29) is 18.9 Å². The number of ether oxygens (including phenoxy) is 1. The molecular weight excluding hydrogens is 246 g/mol. The number of hydrogen-bond donors (Lipinski definition) is 0. The molecule has 1 atom stereocenters. The van der Waals surface area contributed by atoms with E-state index in [4.69, 9.17) is 4.74 Å². The van der Waals surface area contributed by atoms with Crippen molar-refractivity contribution in [2.24, 2.45) is 5.92 Å². The Hall–Kier alpha value is -1.39. The average molecular weight is 269 g/mol. The summed E-state index contributed by atoms with van der Waals surface area (Å²) in [5, 5.41) is 0. The van der Waals surface area contributed by atoms with Crippen LogP contribution in [0.15, 0.2) is 0 Å². The van der Waals surface area contributed by atoms with Gasteiger partial charge < -0.3 is 9.64 Å². The van der Waals surface area contributed by atoms with Crippen LogP contribution in [0.5, 0.6) is 0 Å². The van der Waals surface area contributed by atoms with Crippen LogP contribution in [-0.2, 0) is 19.1 Å². The number of amides is 1. The van der Waals surface area contributed by atoms with Crippen molar-refractivity contribution in [2.75, 3.05) is 13.2 Å². The quantitative estimate of drug-likeness (QED) is 0.561. The maximum absolute atomic E-state index is 12.1. The summed E-state index contributed by atoms with van der Waals surface area (Å²) in [6.07, 6.45) is 2.52. The molecule has 0 aliphatic carbocycles. The third-order valence-electron chi connectivity index (χ3n) is 3.15. The highest BCUT2D eigenvalue weighted by molar-refractivity contribution is 6.36. The van der Waals surface area contributed by atoms with Gasteiger partial charge in [-0.05, 0) is 32.1 Å². The first kappa shape index (κ1) is 15.7. The number of carbonyl (C=O) groups excluding carboxylic acids is 3. The van der Waals surface area contributed by atoms with Crippen LogP contribution in [0, 0.1) is 5.92 Å². The molecule has 1 rings (SSSR count). The largest absolute Gasteiger partial charge is 0.464 e. The van der Waals surface area contributed by atoms with Gasteiger partial charge in [0.05, 0.1) is 6.61 Å². The number of ketones is 1. The van der Waals surface area contributed by atoms with Gasteiger partial charge in [-0.1, -0.05) is 13.8 Å². The van der Waals surface area contributed by atoms with Crippen LogP contribution in [0.3, 0.4) is 0 Å². The number of esters is 1. The lowest BCUT2D eigenvalue weighted by atomic mass is 10.00. The van der Waals surface area contributed by atoms with Crippen LogP contribution in [0.25, 0.3) is 0 Å². The third-order valence-corrected chi connectivity index (χ3v) is 3.15. The molecule has 0 aromatic heterocycles. The smallest absolute Gasteiger partial charge is 0.328 e. The van der Waals surface area contributed by atoms with Crippen molar-refractivity contribution in [3.8, 4) is 0 Å². The number of hydrogen-bond acceptors (Lipinski definition) is 4. The van der Waals surface area contributed by atoms with Gasteiger partial charge >= 0.3 is 5.97 Å². The average Bonchev–Trinajstić information content (AvgIpc) is 2.37. The molecule has 1 saturated heterocycles. The van der Waals surface area contributed by atoms with Crippen LogP contribution in [0.2, 0.25) is 0 Å². The zero-order valence-corrected chi connectivity index (χ0v) is 12.0. The van der Waals surface area contributed by atoms with E-state index in [2.05, 4.69) is 0 Å². The zero-order chi connectivity index (χ0) is 14.4. The second kappa shape index (κ2) is 7.26. The molecule has 0 N–H and O–H groups in total. The zero-order valence-electron chi connectivity index (χ0n) is 12.0. The second-order valence-electron chi connectivity index (χ2n) is 5.28. The number of piperidine rings is 1. The van der Waals surface area contributed by atoms with Gasteiger partial charge in [0.1, 0.15) is 6.04 Å². The van der Waals surface area contributed by atoms with E-state index >= 15 is 0 Å². The fourth-order valence-electron chi connectivity index (χ4n) is 2.28. The van der Waals surface area contributed by atoms with E-state index in [1.165, 1.54) is 4.90 Å². The van der Waals surface area contributed by atoms with Gasteiger partial charge in [0, 0.05) is 13.0 Å². The Balaban J connectivity index is 2.73. The molecule has 1 amide bonds. The van der Waals surface area contributed by atoms with E-state index in [0.717, 1.165) is 12.8 Å². The van der Waals surface area contributed by atoms with Crippen LogP contribution < -0.4 is 0 Å². The minimum absolute atomic E-state index is 0.141. The summed E-state index contributed by atoms with van der Waals surface area (Å²) < 4.78 is 4.98. The van der Waals surface area contributed by atoms with Gasteiger partial charge in [-0.15, -0.1) is 0 Å². The summed E-state index contributed by atoms with van der Waals surface area (Å²) in [6, 6.07) is -0.586. The molecule has 0 aromatic rings. The first-order valence-electron chi connectivity index (χ1n) is 6.97. The first-order chi connectivity index (χ1) is 8.97. The van der Waals surface area contributed by atoms with Crippen LogP contribution >= 0.6 is 0 Å². The van der Waals surface area contributed by atoms with Gasteiger partial charge in [0.2, 0.25) is 5.78 Å². The molecule has 0 bridgehead atoms. The Morgan fingerprint density at radius 1 is 1.26 bits per heavy atom. The fraction of sp³-hybridized carbons (Fsp3) is 0.786. The highest BCUT2D eigenvalue weighted by Gasteiger charge is 2.35. The lowest BCUT2D eigenvalue weighted by Gasteiger charge is -2.33. The summed E-state index contributed by atoms with van der Waals surface area (Å²) in [5.74, 6) is -1.20. The Morgan fingerprint density at radius 2 is 1.95 bits per heavy atom. The normalized spacial score (nSPS) is 19.4. The molecule has 1 fully saturated rings. The van der Waals surface area contributed by atoms with Crippen molar-refractivity contribution >= 4 is 17.7 Å². The van der Waals surface area contributed by atoms with Crippen molar-refractivity contribution in [3.63, 3.8) is 0 Å². The topological polar surface area (TPSA) is 63.7 Å². The van der Waals surface area contributed by atoms with E-state index < -0.39 is 23.7 Å². The monoisotopic (exact) mass is 269 g/mol. The maximum atomic E-state index is 12.1. The van der Waals surface area contributed by atoms with E-state index in [0.29, 0.717) is 13.0 Å². The van der Waals surface area contributed by atoms with E-state index in [9.17, 15) is 14.4 Å². The first-order valence-corrected chi connectivity index (χ1v) is 6.97. The maximum Gasteiger partial charge on any atom is 0.328 e. The van der Waals surface area contributed by atoms with Crippen molar-refractivity contribution < 1.29 is 19.1 Å². The summed E-state index contributed by atoms with van der Waals surface area (Å²) in [6.45, 7) is 6.27. The van der Waals surface area contributed by atoms with Crippen LogP contribution in [0.4, 0.5) is 0 Å². The standard InChI is InChI=1S/C14H23NO4/c1-4-19-14(18)11-7-5-6-8-15(11)13(17)12(16)9-10(2)3/h10-11H,4-9H2,1-3H3. The number of Topliss-reactive ketones (excluding diaryl/α,β-unsaturated/α-hetero) is 1. The predicted octanol–water partition coefficient (Wildman–Crippen LogP) is 1.55. The molecule has 0 spiro atoms. The van der Waals surface area contributed by atoms with Crippen molar-refractivity contribution in [1.29, 1.82) is 0 Å². The van der Waals surface area contributed by atoms with Gasteiger partial charge in [0.25, 0.3) is 5.91 Å². The summed E-state index contributed by atoms with van der Waals surface area (Å²) in [7, 11) is 0. The molecule has 1 unspecified atom stereocenters. The number of carbonyl (C=O) groups is 3. The third kappa shape index (κ3) is 4.33. The van der Waals surface area contributed by atoms with Crippen molar-refractivity contribution in [3.05, 3.63) is 0 Å². The molecule has 0 aromatic carbocycles. The van der Waals surface area contributed by atoms with Gasteiger partial charge in [0.15, 0.2) is 0 Å². The van der Waals surface area contributed by atoms with Gasteiger partial charge in [-0.25, -0.2) is 4.79 Å². The molecule has 0 saturated carbocycles. The van der Waals surface area contributed by atoms with Crippen molar-refractivity contribution in [1.82, 2.24) is 4.90 Å². The Bertz CT molecular complexity index is 351. The van der Waals surface area contributed by atoms with E-state index in [1.54, 1.807) is 6.92 Å². The highest BCUT2D eigenvalue weighted by atomic mass is 16.5. The summed E-state index contributed by atoms with van der Waals surface area (Å²) in [4.78, 5) is 37.2. The van der Waals surface area contributed by atoms with Crippen molar-refractivity contribution in [2.45, 2.75) is 52.5 Å². The van der Waals surface area contributed by atoms with E-state index in [1.807, 2.05) is 13.8 Å². The Morgan fingerprint density at radius 3 is 2.53 bits per heavy atom. The Labute approximate surface area is 114 Å². The van der Waals surface area contributed by atoms with Gasteiger partial charge in [-0.2, -0.15) is 0 Å². The number of nitrogens with zero attached hydrogens (tertiary/aromatic N) is 1. The van der Waals surface area contributed by atoms with Crippen LogP contribution in [-0.4, -0.2) is 41.8 Å². The summed E-state index contributed by atoms with van der Waals surface area (Å²) >= 11 is 0. The molecule has 108 valence electrons. The predicted molar refractivity (Wildman–Crippen MR) is 70.4 cm³/mol. The molecular formula is C14H23NO4. The molecule has 1 aliphatic heterocycles. The lowest BCUT2D eigenvalue weighted by Crippen LogP contribution is -2.51. The summed E-state index contributed by atoms with van der Waals surface area (Å²) in [5.41, 5.74) is 0. The molecule has 5 nitrogen and oxygen atoms in total. The molecule has 1 aliphatic rings. The fourth-order valence-corrected chi connectivity index (χ4v) is 2.28. The minimum atomic E-state index is -0.586. The molecule has 19 heavy (non-hydrogen) atoms. The van der Waals surface area contributed by atoms with Gasteiger partial charge in [-0.3, -0.25) is 9.59 Å². The van der Waals surface area contributed by atoms with Crippen LogP contribution in [0.1, 0.15) is 46.5 Å². The number of likely N-dealkylation sites (tertiary alicyclic amines) is 1. The molecule has 1 heterocycles.